The molecule has 2 rings (SSSR count). The van der Waals surface area contributed by atoms with Crippen LogP contribution in [0, 0.1) is 0 Å². The van der Waals surface area contributed by atoms with E-state index < -0.39 is 0 Å². The van der Waals surface area contributed by atoms with Gasteiger partial charge in [-0.25, -0.2) is 0 Å². The summed E-state index contributed by atoms with van der Waals surface area (Å²) in [5.74, 6) is 0. The van der Waals surface area contributed by atoms with Crippen LogP contribution in [0.2, 0.25) is 10.0 Å². The monoisotopic (exact) mass is 297 g/mol. The van der Waals surface area contributed by atoms with Gasteiger partial charge in [-0.2, -0.15) is 5.10 Å². The van der Waals surface area contributed by atoms with Crippen LogP contribution in [0.15, 0.2) is 30.6 Å². The zero-order valence-corrected chi connectivity index (χ0v) is 12.5. The number of aryl methyl sites for hydroxylation is 2. The largest absolute Gasteiger partial charge is 0.313 e. The van der Waals surface area contributed by atoms with E-state index in [1.54, 1.807) is 6.07 Å². The van der Waals surface area contributed by atoms with Crippen LogP contribution in [-0.2, 0) is 13.5 Å². The molecule has 0 radical (unpaired) electrons. The minimum atomic E-state index is 0.213. The van der Waals surface area contributed by atoms with Crippen molar-refractivity contribution in [2.45, 2.75) is 18.9 Å². The minimum absolute atomic E-state index is 0.213. The van der Waals surface area contributed by atoms with Crippen LogP contribution < -0.4 is 5.32 Å². The lowest BCUT2D eigenvalue weighted by Crippen LogP contribution is -2.17. The first kappa shape index (κ1) is 14.4. The Morgan fingerprint density at radius 3 is 2.74 bits per heavy atom. The predicted molar refractivity (Wildman–Crippen MR) is 79.8 cm³/mol. The number of halogens is 2. The van der Waals surface area contributed by atoms with E-state index in [0.717, 1.165) is 18.4 Å². The van der Waals surface area contributed by atoms with Gasteiger partial charge in [-0.1, -0.05) is 29.3 Å². The van der Waals surface area contributed by atoms with Crippen molar-refractivity contribution in [2.24, 2.45) is 7.05 Å². The van der Waals surface area contributed by atoms with Crippen molar-refractivity contribution in [3.63, 3.8) is 0 Å². The van der Waals surface area contributed by atoms with Gasteiger partial charge in [0.15, 0.2) is 0 Å². The van der Waals surface area contributed by atoms with Crippen LogP contribution in [0.4, 0.5) is 0 Å². The van der Waals surface area contributed by atoms with Crippen molar-refractivity contribution in [3.05, 3.63) is 51.8 Å². The van der Waals surface area contributed by atoms with Gasteiger partial charge in [0, 0.05) is 29.3 Å². The van der Waals surface area contributed by atoms with Crippen molar-refractivity contribution in [1.29, 1.82) is 0 Å². The van der Waals surface area contributed by atoms with Crippen molar-refractivity contribution in [1.82, 2.24) is 15.1 Å². The van der Waals surface area contributed by atoms with E-state index in [1.807, 2.05) is 43.3 Å². The Bertz CT molecular complexity index is 551. The van der Waals surface area contributed by atoms with E-state index in [9.17, 15) is 0 Å². The molecule has 3 nitrogen and oxygen atoms in total. The van der Waals surface area contributed by atoms with Crippen LogP contribution in [0.25, 0.3) is 0 Å². The van der Waals surface area contributed by atoms with Crippen molar-refractivity contribution < 1.29 is 0 Å². The molecule has 1 atom stereocenters. The van der Waals surface area contributed by atoms with Gasteiger partial charge in [0.25, 0.3) is 0 Å². The Balaban J connectivity index is 2.07. The fourth-order valence-electron chi connectivity index (χ4n) is 2.15. The van der Waals surface area contributed by atoms with Crippen LogP contribution >= 0.6 is 23.2 Å². The molecule has 0 aliphatic rings. The number of aromatic nitrogens is 2. The highest BCUT2D eigenvalue weighted by Gasteiger charge is 2.13. The Morgan fingerprint density at radius 2 is 2.16 bits per heavy atom. The van der Waals surface area contributed by atoms with Crippen molar-refractivity contribution >= 4 is 23.2 Å². The van der Waals surface area contributed by atoms with Crippen LogP contribution in [0.5, 0.6) is 0 Å². The highest BCUT2D eigenvalue weighted by atomic mass is 35.5. The van der Waals surface area contributed by atoms with Crippen molar-refractivity contribution in [2.75, 3.05) is 7.05 Å². The summed E-state index contributed by atoms with van der Waals surface area (Å²) in [6, 6.07) is 5.85. The Labute approximate surface area is 123 Å². The second kappa shape index (κ2) is 6.42. The standard InChI is InChI=1S/C14H17Cl2N3/c1-17-14(6-3-10-8-18-19(2)9-10)12-5-4-11(15)7-13(12)16/h4-5,7-9,14,17H,3,6H2,1-2H3. The molecule has 0 bridgehead atoms. The van der Waals surface area contributed by atoms with Gasteiger partial charge >= 0.3 is 0 Å². The first-order valence-electron chi connectivity index (χ1n) is 6.20. The Hall–Kier alpha value is -1.03. The van der Waals surface area contributed by atoms with Crippen molar-refractivity contribution in [3.8, 4) is 0 Å². The molecule has 102 valence electrons. The maximum absolute atomic E-state index is 6.25. The average molecular weight is 298 g/mol. The summed E-state index contributed by atoms with van der Waals surface area (Å²) >= 11 is 12.2. The van der Waals surface area contributed by atoms with E-state index in [1.165, 1.54) is 5.56 Å². The van der Waals surface area contributed by atoms with Gasteiger partial charge in [-0.15, -0.1) is 0 Å². The summed E-state index contributed by atoms with van der Waals surface area (Å²) in [6.07, 6.45) is 5.86. The van der Waals surface area contributed by atoms with Gasteiger partial charge in [0.2, 0.25) is 0 Å². The predicted octanol–water partition coefficient (Wildman–Crippen LogP) is 3.62. The van der Waals surface area contributed by atoms with Gasteiger partial charge in [0.05, 0.1) is 6.20 Å². The molecule has 19 heavy (non-hydrogen) atoms. The molecule has 1 unspecified atom stereocenters. The van der Waals surface area contributed by atoms with Crippen LogP contribution in [0.3, 0.4) is 0 Å². The third kappa shape index (κ3) is 3.72. The lowest BCUT2D eigenvalue weighted by Gasteiger charge is -2.17. The zero-order valence-electron chi connectivity index (χ0n) is 11.0. The first-order valence-corrected chi connectivity index (χ1v) is 6.95. The molecule has 1 heterocycles. The highest BCUT2D eigenvalue weighted by Crippen LogP contribution is 2.28. The van der Waals surface area contributed by atoms with Gasteiger partial charge in [-0.3, -0.25) is 4.68 Å². The summed E-state index contributed by atoms with van der Waals surface area (Å²) in [4.78, 5) is 0. The summed E-state index contributed by atoms with van der Waals surface area (Å²) in [5, 5.41) is 8.85. The molecule has 0 aliphatic carbocycles. The summed E-state index contributed by atoms with van der Waals surface area (Å²) in [6.45, 7) is 0. The van der Waals surface area contributed by atoms with Gasteiger partial charge in [-0.05, 0) is 43.1 Å². The quantitative estimate of drug-likeness (QED) is 0.913. The lowest BCUT2D eigenvalue weighted by molar-refractivity contribution is 0.549. The van der Waals surface area contributed by atoms with E-state index in [4.69, 9.17) is 23.2 Å². The number of benzene rings is 1. The summed E-state index contributed by atoms with van der Waals surface area (Å²) in [5.41, 5.74) is 2.31. The lowest BCUT2D eigenvalue weighted by atomic mass is 10.0. The second-order valence-electron chi connectivity index (χ2n) is 4.57. The van der Waals surface area contributed by atoms with E-state index in [0.29, 0.717) is 10.0 Å². The number of hydrogen-bond acceptors (Lipinski definition) is 2. The number of nitrogens with zero attached hydrogens (tertiary/aromatic N) is 2. The fraction of sp³-hybridized carbons (Fsp3) is 0.357. The number of rotatable bonds is 5. The third-order valence-corrected chi connectivity index (χ3v) is 3.73. The van der Waals surface area contributed by atoms with Gasteiger partial charge in [0.1, 0.15) is 0 Å². The average Bonchev–Trinajstić information content (AvgIpc) is 2.78. The first-order chi connectivity index (χ1) is 9.10. The molecule has 0 saturated heterocycles. The van der Waals surface area contributed by atoms with Crippen LogP contribution in [0.1, 0.15) is 23.6 Å². The summed E-state index contributed by atoms with van der Waals surface area (Å²) < 4.78 is 1.82. The molecule has 1 aromatic carbocycles. The molecule has 1 N–H and O–H groups in total. The second-order valence-corrected chi connectivity index (χ2v) is 5.41. The summed E-state index contributed by atoms with van der Waals surface area (Å²) in [7, 11) is 3.87. The molecule has 0 aliphatic heterocycles. The third-order valence-electron chi connectivity index (χ3n) is 3.17. The molecule has 2 aromatic rings. The highest BCUT2D eigenvalue weighted by molar-refractivity contribution is 6.35. The normalized spacial score (nSPS) is 12.6. The van der Waals surface area contributed by atoms with E-state index in [-0.39, 0.29) is 6.04 Å². The molecule has 0 amide bonds. The maximum Gasteiger partial charge on any atom is 0.0521 e. The zero-order chi connectivity index (χ0) is 13.8. The Kier molecular flexibility index (Phi) is 4.86. The molecule has 0 spiro atoms. The maximum atomic E-state index is 6.25. The molecule has 0 saturated carbocycles. The molecule has 0 fully saturated rings. The van der Waals surface area contributed by atoms with E-state index >= 15 is 0 Å². The minimum Gasteiger partial charge on any atom is -0.313 e. The Morgan fingerprint density at radius 1 is 1.37 bits per heavy atom. The fourth-order valence-corrected chi connectivity index (χ4v) is 2.69. The SMILES string of the molecule is CNC(CCc1cnn(C)c1)c1ccc(Cl)cc1Cl. The smallest absolute Gasteiger partial charge is 0.0521 e. The number of nitrogens with one attached hydrogen (secondary N) is 1. The topological polar surface area (TPSA) is 29.9 Å². The van der Waals surface area contributed by atoms with E-state index in [2.05, 4.69) is 10.4 Å². The van der Waals surface area contributed by atoms with Gasteiger partial charge < -0.3 is 5.32 Å². The molecular formula is C14H17Cl2N3. The number of hydrogen-bond donors (Lipinski definition) is 1. The molecule has 5 heteroatoms. The molecular weight excluding hydrogens is 281 g/mol. The molecule has 1 aromatic heterocycles. The van der Waals surface area contributed by atoms with Crippen LogP contribution in [-0.4, -0.2) is 16.8 Å².